The van der Waals surface area contributed by atoms with Crippen LogP contribution in [-0.2, 0) is 0 Å². The molecule has 1 unspecified atom stereocenters. The van der Waals surface area contributed by atoms with Crippen molar-refractivity contribution in [1.29, 1.82) is 5.26 Å². The Hall–Kier alpha value is -1.77. The van der Waals surface area contributed by atoms with Gasteiger partial charge in [0.2, 0.25) is 0 Å². The standard InChI is InChI=1S/C15H12N2OS2/c1-10-9-17(12-4-2-3-5-13(12)20-10)15(18)14-11(8-16)6-7-19-14/h2-7,10H,9H2,1H3. The van der Waals surface area contributed by atoms with Gasteiger partial charge in [-0.2, -0.15) is 5.26 Å². The highest BCUT2D eigenvalue weighted by Crippen LogP contribution is 2.39. The maximum absolute atomic E-state index is 12.7. The number of nitriles is 1. The average molecular weight is 300 g/mol. The Bertz CT molecular complexity index is 702. The minimum Gasteiger partial charge on any atom is -0.305 e. The number of nitrogens with zero attached hydrogens (tertiary/aromatic N) is 2. The second kappa shape index (κ2) is 5.31. The Morgan fingerprint density at radius 1 is 1.40 bits per heavy atom. The SMILES string of the molecule is CC1CN(C(=O)c2sccc2C#N)c2ccccc2S1. The fourth-order valence-electron chi connectivity index (χ4n) is 2.27. The maximum Gasteiger partial charge on any atom is 0.269 e. The first-order chi connectivity index (χ1) is 9.70. The number of fused-ring (bicyclic) bond motifs is 1. The summed E-state index contributed by atoms with van der Waals surface area (Å²) in [6.45, 7) is 2.78. The first kappa shape index (κ1) is 13.2. The summed E-state index contributed by atoms with van der Waals surface area (Å²) in [4.78, 5) is 16.2. The summed E-state index contributed by atoms with van der Waals surface area (Å²) in [5.41, 5.74) is 1.40. The van der Waals surface area contributed by atoms with Crippen molar-refractivity contribution >= 4 is 34.7 Å². The van der Waals surface area contributed by atoms with Crippen molar-refractivity contribution in [3.8, 4) is 6.07 Å². The second-order valence-corrected chi connectivity index (χ2v) is 6.98. The zero-order valence-electron chi connectivity index (χ0n) is 10.9. The van der Waals surface area contributed by atoms with E-state index in [1.54, 1.807) is 28.1 Å². The van der Waals surface area contributed by atoms with E-state index >= 15 is 0 Å². The summed E-state index contributed by atoms with van der Waals surface area (Å²) in [5.74, 6) is -0.0730. The van der Waals surface area contributed by atoms with E-state index in [0.717, 1.165) is 10.6 Å². The van der Waals surface area contributed by atoms with Crippen LogP contribution in [0.25, 0.3) is 0 Å². The van der Waals surface area contributed by atoms with Crippen LogP contribution in [0.2, 0.25) is 0 Å². The molecule has 0 radical (unpaired) electrons. The van der Waals surface area contributed by atoms with Crippen molar-refractivity contribution in [2.75, 3.05) is 11.4 Å². The number of carbonyl (C=O) groups excluding carboxylic acids is 1. The van der Waals surface area contributed by atoms with Crippen LogP contribution < -0.4 is 4.90 Å². The van der Waals surface area contributed by atoms with Gasteiger partial charge in [-0.05, 0) is 23.6 Å². The predicted octanol–water partition coefficient (Wildman–Crippen LogP) is 3.76. The molecule has 1 aromatic heterocycles. The Kier molecular flexibility index (Phi) is 3.51. The molecule has 0 saturated heterocycles. The summed E-state index contributed by atoms with van der Waals surface area (Å²) in [7, 11) is 0. The summed E-state index contributed by atoms with van der Waals surface area (Å²) in [6, 6.07) is 11.7. The third kappa shape index (κ3) is 2.21. The fraction of sp³-hybridized carbons (Fsp3) is 0.200. The number of hydrogen-bond acceptors (Lipinski definition) is 4. The summed E-state index contributed by atoms with van der Waals surface area (Å²) >= 11 is 3.12. The normalized spacial score (nSPS) is 17.4. The number of para-hydroxylation sites is 1. The molecule has 1 aromatic carbocycles. The van der Waals surface area contributed by atoms with Crippen LogP contribution in [0.5, 0.6) is 0 Å². The molecular formula is C15H12N2OS2. The topological polar surface area (TPSA) is 44.1 Å². The highest BCUT2D eigenvalue weighted by Gasteiger charge is 2.29. The largest absolute Gasteiger partial charge is 0.305 e. The summed E-state index contributed by atoms with van der Waals surface area (Å²) in [5, 5.41) is 11.2. The van der Waals surface area contributed by atoms with Crippen LogP contribution >= 0.6 is 23.1 Å². The van der Waals surface area contributed by atoms with E-state index in [2.05, 4.69) is 13.0 Å². The zero-order valence-corrected chi connectivity index (χ0v) is 12.5. The summed E-state index contributed by atoms with van der Waals surface area (Å²) in [6.07, 6.45) is 0. The van der Waals surface area contributed by atoms with E-state index in [0.29, 0.717) is 22.2 Å². The molecule has 2 heterocycles. The van der Waals surface area contributed by atoms with E-state index in [9.17, 15) is 4.79 Å². The van der Waals surface area contributed by atoms with Gasteiger partial charge in [0.25, 0.3) is 5.91 Å². The molecule has 20 heavy (non-hydrogen) atoms. The number of amides is 1. The molecular weight excluding hydrogens is 288 g/mol. The third-order valence-corrected chi connectivity index (χ3v) is 5.20. The van der Waals surface area contributed by atoms with Crippen molar-refractivity contribution in [3.05, 3.63) is 46.2 Å². The lowest BCUT2D eigenvalue weighted by Crippen LogP contribution is -2.38. The molecule has 1 amide bonds. The number of anilines is 1. The number of thiophene rings is 1. The van der Waals surface area contributed by atoms with Crippen LogP contribution in [0.3, 0.4) is 0 Å². The van der Waals surface area contributed by atoms with Crippen LogP contribution in [0.4, 0.5) is 5.69 Å². The monoisotopic (exact) mass is 300 g/mol. The van der Waals surface area contributed by atoms with Gasteiger partial charge in [-0.15, -0.1) is 23.1 Å². The highest BCUT2D eigenvalue weighted by molar-refractivity contribution is 8.00. The molecule has 2 aromatic rings. The lowest BCUT2D eigenvalue weighted by molar-refractivity contribution is 0.0990. The molecule has 0 aliphatic carbocycles. The van der Waals surface area contributed by atoms with Crippen molar-refractivity contribution in [1.82, 2.24) is 0 Å². The van der Waals surface area contributed by atoms with Crippen LogP contribution in [0, 0.1) is 11.3 Å². The molecule has 5 heteroatoms. The Labute approximate surface area is 125 Å². The number of thioether (sulfide) groups is 1. The van der Waals surface area contributed by atoms with Gasteiger partial charge in [-0.25, -0.2) is 0 Å². The predicted molar refractivity (Wildman–Crippen MR) is 82.5 cm³/mol. The first-order valence-electron chi connectivity index (χ1n) is 6.26. The molecule has 3 rings (SSSR count). The fourth-order valence-corrected chi connectivity index (χ4v) is 4.17. The number of hydrogen-bond donors (Lipinski definition) is 0. The number of benzene rings is 1. The van der Waals surface area contributed by atoms with Crippen molar-refractivity contribution < 1.29 is 4.79 Å². The van der Waals surface area contributed by atoms with Gasteiger partial charge in [0, 0.05) is 16.7 Å². The molecule has 0 bridgehead atoms. The Balaban J connectivity index is 2.03. The first-order valence-corrected chi connectivity index (χ1v) is 8.02. The maximum atomic E-state index is 12.7. The van der Waals surface area contributed by atoms with E-state index in [1.807, 2.05) is 24.3 Å². The molecule has 0 saturated carbocycles. The van der Waals surface area contributed by atoms with Crippen LogP contribution in [-0.4, -0.2) is 17.7 Å². The molecule has 3 nitrogen and oxygen atoms in total. The smallest absolute Gasteiger partial charge is 0.269 e. The van der Waals surface area contributed by atoms with Gasteiger partial charge in [-0.1, -0.05) is 19.1 Å². The molecule has 0 fully saturated rings. The minimum atomic E-state index is -0.0730. The van der Waals surface area contributed by atoms with Gasteiger partial charge in [0.05, 0.1) is 11.3 Å². The van der Waals surface area contributed by atoms with Gasteiger partial charge < -0.3 is 4.90 Å². The molecule has 1 aliphatic rings. The van der Waals surface area contributed by atoms with Gasteiger partial charge in [-0.3, -0.25) is 4.79 Å². The lowest BCUT2D eigenvalue weighted by atomic mass is 10.2. The molecule has 0 spiro atoms. The van der Waals surface area contributed by atoms with Gasteiger partial charge in [0.1, 0.15) is 10.9 Å². The quantitative estimate of drug-likeness (QED) is 0.805. The Morgan fingerprint density at radius 3 is 3.00 bits per heavy atom. The molecule has 1 atom stereocenters. The third-order valence-electron chi connectivity index (χ3n) is 3.15. The van der Waals surface area contributed by atoms with E-state index < -0.39 is 0 Å². The summed E-state index contributed by atoms with van der Waals surface area (Å²) < 4.78 is 0. The molecule has 100 valence electrons. The minimum absolute atomic E-state index is 0.0730. The van der Waals surface area contributed by atoms with Crippen LogP contribution in [0.15, 0.2) is 40.6 Å². The van der Waals surface area contributed by atoms with E-state index in [1.165, 1.54) is 11.3 Å². The Morgan fingerprint density at radius 2 is 2.20 bits per heavy atom. The van der Waals surface area contributed by atoms with E-state index in [4.69, 9.17) is 5.26 Å². The van der Waals surface area contributed by atoms with Crippen LogP contribution in [0.1, 0.15) is 22.2 Å². The van der Waals surface area contributed by atoms with Gasteiger partial charge >= 0.3 is 0 Å². The zero-order chi connectivity index (χ0) is 14.1. The van der Waals surface area contributed by atoms with E-state index in [-0.39, 0.29) is 5.91 Å². The number of carbonyl (C=O) groups is 1. The van der Waals surface area contributed by atoms with Crippen molar-refractivity contribution in [2.45, 2.75) is 17.1 Å². The molecule has 0 N–H and O–H groups in total. The highest BCUT2D eigenvalue weighted by atomic mass is 32.2. The molecule has 1 aliphatic heterocycles. The number of rotatable bonds is 1. The van der Waals surface area contributed by atoms with Crippen molar-refractivity contribution in [3.63, 3.8) is 0 Å². The second-order valence-electron chi connectivity index (χ2n) is 4.59. The lowest BCUT2D eigenvalue weighted by Gasteiger charge is -2.32. The average Bonchev–Trinajstić information content (AvgIpc) is 2.94. The van der Waals surface area contributed by atoms with Gasteiger partial charge in [0.15, 0.2) is 0 Å². The van der Waals surface area contributed by atoms with Crippen molar-refractivity contribution in [2.24, 2.45) is 0 Å².